The van der Waals surface area contributed by atoms with Crippen molar-refractivity contribution in [2.24, 2.45) is 0 Å². The molecule has 48 valence electrons. The molecule has 6 nitrogen and oxygen atoms in total. The van der Waals surface area contributed by atoms with Crippen molar-refractivity contribution in [3.8, 4) is 0 Å². The minimum absolute atomic E-state index is 0. The summed E-state index contributed by atoms with van der Waals surface area (Å²) in [5.74, 6) is 0. The Morgan fingerprint density at radius 1 is 1.00 bits per heavy atom. The molecule has 0 spiro atoms. The third kappa shape index (κ3) is 214. The quantitative estimate of drug-likeness (QED) is 0.380. The average molecular weight is 297 g/mol. The predicted molar refractivity (Wildman–Crippen MR) is 25.4 cm³/mol. The zero-order chi connectivity index (χ0) is 7.15. The summed E-state index contributed by atoms with van der Waals surface area (Å²) in [6, 6.07) is 0. The first kappa shape index (κ1) is 16.9. The van der Waals surface area contributed by atoms with Gasteiger partial charge in [-0.25, -0.2) is 0 Å². The predicted octanol–water partition coefficient (Wildman–Crippen LogP) is -2.39. The van der Waals surface area contributed by atoms with Crippen molar-refractivity contribution >= 4 is 65.4 Å². The van der Waals surface area contributed by atoms with E-state index in [-0.39, 0.29) is 48.9 Å². The Bertz CT molecular complexity index is 69.1. The van der Waals surface area contributed by atoms with Crippen LogP contribution in [0.15, 0.2) is 0 Å². The standard InChI is InChI=1S/Ba.2HO3P/c;2*1-4(2)3/h;2*(H,1,2,3)/q+2;;. The third-order valence-corrected chi connectivity index (χ3v) is 0. The van der Waals surface area contributed by atoms with Crippen LogP contribution in [0.2, 0.25) is 0 Å². The molecule has 9 heavy (non-hydrogen) atoms. The van der Waals surface area contributed by atoms with Gasteiger partial charge >= 0.3 is 65.4 Å². The summed E-state index contributed by atoms with van der Waals surface area (Å²) >= 11 is 0. The molecule has 0 aliphatic heterocycles. The molecule has 0 rings (SSSR count). The van der Waals surface area contributed by atoms with E-state index in [1.54, 1.807) is 0 Å². The summed E-state index contributed by atoms with van der Waals surface area (Å²) in [5, 5.41) is 0. The largest absolute Gasteiger partial charge is 2.00 e. The number of hydrogen-bond acceptors (Lipinski definition) is 4. The zero-order valence-corrected chi connectivity index (χ0v) is 10.4. The minimum Gasteiger partial charge on any atom is -0.567 e. The molecule has 0 aromatic heterocycles. The average Bonchev–Trinajstić information content (AvgIpc) is 1.25. The van der Waals surface area contributed by atoms with Crippen LogP contribution < -0.4 is 9.79 Å². The van der Waals surface area contributed by atoms with Crippen LogP contribution in [0.3, 0.4) is 0 Å². The molecule has 0 radical (unpaired) electrons. The Morgan fingerprint density at radius 2 is 1.00 bits per heavy atom. The van der Waals surface area contributed by atoms with Crippen molar-refractivity contribution in [1.82, 2.24) is 0 Å². The zero-order valence-electron chi connectivity index (χ0n) is 4.13. The van der Waals surface area contributed by atoms with Gasteiger partial charge in [0.25, 0.3) is 0 Å². The Kier molecular flexibility index (Phi) is 23.1. The van der Waals surface area contributed by atoms with Crippen LogP contribution in [0.1, 0.15) is 0 Å². The van der Waals surface area contributed by atoms with Crippen molar-refractivity contribution in [1.29, 1.82) is 0 Å². The van der Waals surface area contributed by atoms with E-state index >= 15 is 0 Å². The van der Waals surface area contributed by atoms with Crippen molar-refractivity contribution in [3.05, 3.63) is 0 Å². The molecular weight excluding hydrogens is 295 g/mol. The fraction of sp³-hybridized carbons (Fsp3) is 0. The van der Waals surface area contributed by atoms with E-state index in [1.165, 1.54) is 0 Å². The summed E-state index contributed by atoms with van der Waals surface area (Å²) in [4.78, 5) is 31.2. The molecule has 2 N–H and O–H groups in total. The van der Waals surface area contributed by atoms with Gasteiger partial charge in [0.2, 0.25) is 0 Å². The molecule has 0 amide bonds. The van der Waals surface area contributed by atoms with Crippen molar-refractivity contribution < 1.29 is 28.7 Å². The number of rotatable bonds is 0. The van der Waals surface area contributed by atoms with Gasteiger partial charge in [0, 0.05) is 0 Å². The van der Waals surface area contributed by atoms with E-state index in [4.69, 9.17) is 28.7 Å². The van der Waals surface area contributed by atoms with E-state index in [1.807, 2.05) is 0 Å². The smallest absolute Gasteiger partial charge is 0.567 e. The summed E-state index contributed by atoms with van der Waals surface area (Å²) in [6.07, 6.45) is 0. The van der Waals surface area contributed by atoms with Gasteiger partial charge in [-0.1, -0.05) is 0 Å². The normalized spacial score (nSPS) is 9.78. The maximum atomic E-state index is 8.59. The molecule has 0 fully saturated rings. The van der Waals surface area contributed by atoms with Crippen molar-refractivity contribution in [2.75, 3.05) is 0 Å². The second kappa shape index (κ2) is 12.3. The SMILES string of the molecule is O=[P+]([O-])O.O=[P+]([O-])O.[Ba+2]. The van der Waals surface area contributed by atoms with Crippen molar-refractivity contribution in [3.63, 3.8) is 0 Å². The van der Waals surface area contributed by atoms with Gasteiger partial charge in [-0.05, 0) is 9.13 Å². The molecule has 0 bridgehead atoms. The van der Waals surface area contributed by atoms with E-state index in [0.29, 0.717) is 0 Å². The summed E-state index contributed by atoms with van der Waals surface area (Å²) in [5.41, 5.74) is 0. The molecule has 0 aliphatic rings. The van der Waals surface area contributed by atoms with Gasteiger partial charge in [0.15, 0.2) is 0 Å². The minimum atomic E-state index is -3.12. The number of hydrogen-bond donors (Lipinski definition) is 2. The summed E-state index contributed by atoms with van der Waals surface area (Å²) in [6.45, 7) is 0. The van der Waals surface area contributed by atoms with Crippen LogP contribution in [-0.2, 0) is 9.13 Å². The maximum absolute atomic E-state index is 8.59. The second-order valence-electron chi connectivity index (χ2n) is 0.476. The first-order valence-electron chi connectivity index (χ1n) is 1.13. The topological polar surface area (TPSA) is 121 Å². The molecular formula is H2BaO6P2+2. The summed E-state index contributed by atoms with van der Waals surface area (Å²) in [7, 11) is -6.24. The monoisotopic (exact) mass is 298 g/mol. The van der Waals surface area contributed by atoms with Gasteiger partial charge in [-0.2, -0.15) is 9.79 Å². The first-order valence-corrected chi connectivity index (χ1v) is 3.39. The molecule has 2 atom stereocenters. The third-order valence-electron chi connectivity index (χ3n) is 0. The fourth-order valence-electron chi connectivity index (χ4n) is 0. The molecule has 9 heteroatoms. The van der Waals surface area contributed by atoms with Gasteiger partial charge in [-0.15, -0.1) is 0 Å². The van der Waals surface area contributed by atoms with Gasteiger partial charge in [0.05, 0.1) is 0 Å². The molecule has 0 saturated heterocycles. The van der Waals surface area contributed by atoms with Crippen molar-refractivity contribution in [2.45, 2.75) is 0 Å². The van der Waals surface area contributed by atoms with Crippen LogP contribution >= 0.6 is 16.5 Å². The van der Waals surface area contributed by atoms with Crippen LogP contribution in [-0.4, -0.2) is 58.7 Å². The van der Waals surface area contributed by atoms with E-state index < -0.39 is 16.5 Å². The maximum Gasteiger partial charge on any atom is 2.00 e. The van der Waals surface area contributed by atoms with Crippen LogP contribution in [0.5, 0.6) is 0 Å². The van der Waals surface area contributed by atoms with Crippen LogP contribution in [0.25, 0.3) is 0 Å². The molecule has 0 aromatic carbocycles. The Morgan fingerprint density at radius 3 is 1.00 bits per heavy atom. The molecule has 0 heterocycles. The van der Waals surface area contributed by atoms with E-state index in [9.17, 15) is 0 Å². The molecule has 0 aromatic rings. The molecule has 0 aliphatic carbocycles. The Hall–Kier alpha value is 1.61. The first-order chi connectivity index (χ1) is 3.46. The molecule has 0 saturated carbocycles. The van der Waals surface area contributed by atoms with Gasteiger partial charge in [0.1, 0.15) is 0 Å². The van der Waals surface area contributed by atoms with Gasteiger partial charge < -0.3 is 9.79 Å². The van der Waals surface area contributed by atoms with E-state index in [2.05, 4.69) is 0 Å². The summed E-state index contributed by atoms with van der Waals surface area (Å²) < 4.78 is 17.2. The van der Waals surface area contributed by atoms with Crippen LogP contribution in [0, 0.1) is 0 Å². The van der Waals surface area contributed by atoms with Gasteiger partial charge in [-0.3, -0.25) is 0 Å². The van der Waals surface area contributed by atoms with Crippen LogP contribution in [0.4, 0.5) is 0 Å². The fourth-order valence-corrected chi connectivity index (χ4v) is 0. The Balaban J connectivity index is -0.0000000720. The second-order valence-corrected chi connectivity index (χ2v) is 1.43. The molecule has 2 unspecified atom stereocenters. The van der Waals surface area contributed by atoms with E-state index in [0.717, 1.165) is 0 Å². The Labute approximate surface area is 92.9 Å².